The molecule has 0 spiro atoms. The molecule has 0 unspecified atom stereocenters. The van der Waals surface area contributed by atoms with Crippen molar-refractivity contribution in [2.24, 2.45) is 0 Å². The van der Waals surface area contributed by atoms with Crippen molar-refractivity contribution < 1.29 is 0 Å². The number of aromatic nitrogens is 1. The fraction of sp³-hybridized carbons (Fsp3) is 0.143. The van der Waals surface area contributed by atoms with E-state index in [1.807, 2.05) is 11.3 Å². The molecule has 0 aliphatic heterocycles. The predicted molar refractivity (Wildman–Crippen MR) is 103 cm³/mol. The number of fused-ring (bicyclic) bond motifs is 7. The van der Waals surface area contributed by atoms with Crippen LogP contribution in [0.3, 0.4) is 0 Å². The molecule has 2 aromatic heterocycles. The minimum absolute atomic E-state index is 0.448. The van der Waals surface area contributed by atoms with E-state index >= 15 is 0 Å². The lowest BCUT2D eigenvalue weighted by Crippen LogP contribution is -1.99. The van der Waals surface area contributed by atoms with Crippen molar-refractivity contribution in [1.29, 1.82) is 0 Å². The molecule has 0 saturated heterocycles. The van der Waals surface area contributed by atoms with Crippen molar-refractivity contribution in [1.82, 2.24) is 4.57 Å². The summed E-state index contributed by atoms with van der Waals surface area (Å²) < 4.78 is 5.25. The molecule has 0 saturated carbocycles. The van der Waals surface area contributed by atoms with E-state index in [1.54, 1.807) is 0 Å². The molecule has 0 aliphatic carbocycles. The highest BCUT2D eigenvalue weighted by Crippen LogP contribution is 2.42. The zero-order valence-corrected chi connectivity index (χ0v) is 14.0. The van der Waals surface area contributed by atoms with Crippen molar-refractivity contribution in [3.63, 3.8) is 0 Å². The Labute approximate surface area is 138 Å². The van der Waals surface area contributed by atoms with Gasteiger partial charge in [-0.2, -0.15) is 0 Å². The minimum Gasteiger partial charge on any atom is -0.338 e. The number of para-hydroxylation sites is 1. The van der Waals surface area contributed by atoms with Gasteiger partial charge in [0, 0.05) is 42.5 Å². The highest BCUT2D eigenvalue weighted by molar-refractivity contribution is 7.26. The Balaban J connectivity index is 2.11. The predicted octanol–water partition coefficient (Wildman–Crippen LogP) is 6.74. The van der Waals surface area contributed by atoms with Crippen LogP contribution < -0.4 is 0 Å². The Morgan fingerprint density at radius 3 is 2.30 bits per heavy atom. The molecule has 2 heteroatoms. The van der Waals surface area contributed by atoms with Gasteiger partial charge in [0.05, 0.1) is 5.52 Å². The molecular weight excluding hydrogens is 298 g/mol. The first-order valence-corrected chi connectivity index (χ1v) is 8.90. The van der Waals surface area contributed by atoms with Crippen LogP contribution in [-0.2, 0) is 0 Å². The number of nitrogens with zero attached hydrogens (tertiary/aromatic N) is 1. The molecule has 3 aromatic carbocycles. The van der Waals surface area contributed by atoms with Crippen molar-refractivity contribution in [3.8, 4) is 0 Å². The largest absolute Gasteiger partial charge is 0.338 e. The molecule has 0 bridgehead atoms. The SMILES string of the molecule is CC(C)n1c2ccccc2c2c3sc4ccccc4c3ccc21. The van der Waals surface area contributed by atoms with E-state index in [1.165, 1.54) is 42.0 Å². The van der Waals surface area contributed by atoms with Crippen LogP contribution in [0, 0.1) is 0 Å². The fourth-order valence-electron chi connectivity index (χ4n) is 3.82. The van der Waals surface area contributed by atoms with Gasteiger partial charge in [0.15, 0.2) is 0 Å². The van der Waals surface area contributed by atoms with Crippen LogP contribution in [0.25, 0.3) is 42.0 Å². The summed E-state index contributed by atoms with van der Waals surface area (Å²) in [5.74, 6) is 0. The van der Waals surface area contributed by atoms with Crippen LogP contribution >= 0.6 is 11.3 Å². The number of hydrogen-bond donors (Lipinski definition) is 0. The monoisotopic (exact) mass is 315 g/mol. The maximum absolute atomic E-state index is 2.47. The molecule has 0 fully saturated rings. The summed E-state index contributed by atoms with van der Waals surface area (Å²) in [6.07, 6.45) is 0. The Morgan fingerprint density at radius 2 is 1.48 bits per heavy atom. The van der Waals surface area contributed by atoms with E-state index in [4.69, 9.17) is 0 Å². The highest BCUT2D eigenvalue weighted by Gasteiger charge is 2.16. The maximum atomic E-state index is 2.47. The van der Waals surface area contributed by atoms with Crippen LogP contribution in [0.1, 0.15) is 19.9 Å². The summed E-state index contributed by atoms with van der Waals surface area (Å²) in [7, 11) is 0. The van der Waals surface area contributed by atoms with Gasteiger partial charge in [-0.3, -0.25) is 0 Å². The molecular formula is C21H17NS. The Morgan fingerprint density at radius 1 is 0.739 bits per heavy atom. The van der Waals surface area contributed by atoms with Gasteiger partial charge in [0.1, 0.15) is 0 Å². The van der Waals surface area contributed by atoms with Gasteiger partial charge in [-0.05, 0) is 32.0 Å². The van der Waals surface area contributed by atoms with Crippen LogP contribution in [0.15, 0.2) is 60.7 Å². The first kappa shape index (κ1) is 13.1. The third-order valence-corrected chi connectivity index (χ3v) is 5.94. The van der Waals surface area contributed by atoms with Gasteiger partial charge < -0.3 is 4.57 Å². The fourth-order valence-corrected chi connectivity index (χ4v) is 5.08. The van der Waals surface area contributed by atoms with Gasteiger partial charge in [0.25, 0.3) is 0 Å². The van der Waals surface area contributed by atoms with Crippen molar-refractivity contribution in [2.75, 3.05) is 0 Å². The van der Waals surface area contributed by atoms with Crippen LogP contribution in [-0.4, -0.2) is 4.57 Å². The van der Waals surface area contributed by atoms with Gasteiger partial charge >= 0.3 is 0 Å². The summed E-state index contributed by atoms with van der Waals surface area (Å²) in [6, 6.07) is 22.6. The molecule has 112 valence electrons. The van der Waals surface area contributed by atoms with E-state index in [9.17, 15) is 0 Å². The van der Waals surface area contributed by atoms with Crippen LogP contribution in [0.5, 0.6) is 0 Å². The van der Waals surface area contributed by atoms with Gasteiger partial charge in [-0.25, -0.2) is 0 Å². The van der Waals surface area contributed by atoms with E-state index in [-0.39, 0.29) is 0 Å². The Bertz CT molecular complexity index is 1190. The van der Waals surface area contributed by atoms with E-state index in [2.05, 4.69) is 79.1 Å². The molecule has 5 rings (SSSR count). The van der Waals surface area contributed by atoms with Crippen molar-refractivity contribution in [3.05, 3.63) is 60.7 Å². The summed E-state index contributed by atoms with van der Waals surface area (Å²) in [5.41, 5.74) is 2.68. The minimum atomic E-state index is 0.448. The third kappa shape index (κ3) is 1.67. The zero-order valence-electron chi connectivity index (χ0n) is 13.2. The molecule has 1 nitrogen and oxygen atoms in total. The second-order valence-electron chi connectivity index (χ2n) is 6.42. The number of benzene rings is 3. The molecule has 2 heterocycles. The topological polar surface area (TPSA) is 4.93 Å². The maximum Gasteiger partial charge on any atom is 0.0508 e. The van der Waals surface area contributed by atoms with Gasteiger partial charge in [0.2, 0.25) is 0 Å². The van der Waals surface area contributed by atoms with E-state index in [0.717, 1.165) is 0 Å². The Hall–Kier alpha value is -2.32. The van der Waals surface area contributed by atoms with Gasteiger partial charge in [-0.15, -0.1) is 11.3 Å². The zero-order chi connectivity index (χ0) is 15.6. The van der Waals surface area contributed by atoms with Crippen molar-refractivity contribution >= 4 is 53.3 Å². The smallest absolute Gasteiger partial charge is 0.0508 e. The van der Waals surface area contributed by atoms with Crippen molar-refractivity contribution in [2.45, 2.75) is 19.9 Å². The summed E-state index contributed by atoms with van der Waals surface area (Å²) in [6.45, 7) is 4.53. The molecule has 5 aromatic rings. The first-order chi connectivity index (χ1) is 11.3. The Kier molecular flexibility index (Phi) is 2.62. The highest BCUT2D eigenvalue weighted by atomic mass is 32.1. The van der Waals surface area contributed by atoms with E-state index < -0.39 is 0 Å². The molecule has 0 radical (unpaired) electrons. The molecule has 0 N–H and O–H groups in total. The van der Waals surface area contributed by atoms with Crippen LogP contribution in [0.4, 0.5) is 0 Å². The average molecular weight is 315 g/mol. The summed E-state index contributed by atoms with van der Waals surface area (Å²) in [4.78, 5) is 0. The lowest BCUT2D eigenvalue weighted by Gasteiger charge is -2.11. The first-order valence-electron chi connectivity index (χ1n) is 8.08. The second-order valence-corrected chi connectivity index (χ2v) is 7.47. The molecule has 0 amide bonds. The van der Waals surface area contributed by atoms with Gasteiger partial charge in [-0.1, -0.05) is 42.5 Å². The standard InChI is InChI=1S/C21H17NS/c1-13(2)22-17-9-5-3-8-16(17)20-18(22)12-11-15-14-7-4-6-10-19(14)23-21(15)20/h3-13H,1-2H3. The van der Waals surface area contributed by atoms with Crippen LogP contribution in [0.2, 0.25) is 0 Å². The number of rotatable bonds is 1. The summed E-state index contributed by atoms with van der Waals surface area (Å²) in [5, 5.41) is 5.53. The summed E-state index contributed by atoms with van der Waals surface area (Å²) >= 11 is 1.92. The molecule has 0 atom stereocenters. The lowest BCUT2D eigenvalue weighted by molar-refractivity contribution is 0.642. The number of hydrogen-bond acceptors (Lipinski definition) is 1. The second kappa shape index (κ2) is 4.59. The quantitative estimate of drug-likeness (QED) is 0.323. The lowest BCUT2D eigenvalue weighted by atomic mass is 10.1. The van der Waals surface area contributed by atoms with E-state index in [0.29, 0.717) is 6.04 Å². The average Bonchev–Trinajstić information content (AvgIpc) is 3.10. The third-order valence-electron chi connectivity index (χ3n) is 4.73. The normalized spacial score (nSPS) is 12.3. The molecule has 23 heavy (non-hydrogen) atoms. The molecule has 0 aliphatic rings. The number of thiophene rings is 1.